The molecule has 3 rings (SSSR count). The molecule has 3 aromatic rings. The van der Waals surface area contributed by atoms with Gasteiger partial charge in [-0.1, -0.05) is 0 Å². The van der Waals surface area contributed by atoms with Crippen molar-refractivity contribution in [2.45, 2.75) is 0 Å². The molecular formula is C16H8N4Se. The van der Waals surface area contributed by atoms with E-state index in [2.05, 4.69) is 22.1 Å². The number of nitrogens with zero attached hydrogens (tertiary/aromatic N) is 4. The molecule has 0 saturated carbocycles. The third kappa shape index (κ3) is 2.75. The Bertz CT molecular complexity index is 777. The molecule has 0 unspecified atom stereocenters. The minimum absolute atomic E-state index is 0.127. The van der Waals surface area contributed by atoms with Crippen molar-refractivity contribution in [3.8, 4) is 32.4 Å². The van der Waals surface area contributed by atoms with Crippen molar-refractivity contribution >= 4 is 14.5 Å². The van der Waals surface area contributed by atoms with Gasteiger partial charge in [-0.3, -0.25) is 0 Å². The summed E-state index contributed by atoms with van der Waals surface area (Å²) in [5.74, 6) is 0. The molecule has 98 valence electrons. The van der Waals surface area contributed by atoms with Crippen molar-refractivity contribution in [3.63, 3.8) is 0 Å². The molecule has 0 N–H and O–H groups in total. The number of hydrogen-bond donors (Lipinski definition) is 0. The van der Waals surface area contributed by atoms with Crippen LogP contribution in [0.25, 0.3) is 20.3 Å². The van der Waals surface area contributed by atoms with E-state index in [1.54, 1.807) is 24.5 Å². The molecule has 0 atom stereocenters. The predicted molar refractivity (Wildman–Crippen MR) is 79.3 cm³/mol. The second-order valence-corrected chi connectivity index (χ2v) is 6.53. The average molecular weight is 335 g/mol. The van der Waals surface area contributed by atoms with E-state index in [9.17, 15) is 0 Å². The summed E-state index contributed by atoms with van der Waals surface area (Å²) < 4.78 is 2.32. The molecule has 0 aromatic carbocycles. The zero-order valence-corrected chi connectivity index (χ0v) is 12.5. The molecule has 3 heterocycles. The Hall–Kier alpha value is -2.72. The van der Waals surface area contributed by atoms with Crippen LogP contribution >= 0.6 is 0 Å². The summed E-state index contributed by atoms with van der Waals surface area (Å²) >= 11 is 0.127. The first-order valence-electron chi connectivity index (χ1n) is 6.13. The topological polar surface area (TPSA) is 73.4 Å². The molecule has 0 radical (unpaired) electrons. The van der Waals surface area contributed by atoms with Gasteiger partial charge < -0.3 is 0 Å². The third-order valence-corrected chi connectivity index (χ3v) is 5.27. The summed E-state index contributed by atoms with van der Waals surface area (Å²) in [6, 6.07) is 15.5. The fourth-order valence-electron chi connectivity index (χ4n) is 1.82. The third-order valence-electron chi connectivity index (χ3n) is 2.90. The number of nitriles is 2. The first kappa shape index (κ1) is 13.3. The van der Waals surface area contributed by atoms with Gasteiger partial charge in [0, 0.05) is 0 Å². The Morgan fingerprint density at radius 3 is 1.52 bits per heavy atom. The van der Waals surface area contributed by atoms with Gasteiger partial charge in [0.25, 0.3) is 0 Å². The van der Waals surface area contributed by atoms with Crippen LogP contribution in [0.5, 0.6) is 0 Å². The number of pyridine rings is 2. The van der Waals surface area contributed by atoms with Gasteiger partial charge in [-0.15, -0.1) is 0 Å². The second kappa shape index (κ2) is 5.73. The normalized spacial score (nSPS) is 9.81. The van der Waals surface area contributed by atoms with Crippen molar-refractivity contribution < 1.29 is 0 Å². The molecule has 0 aliphatic heterocycles. The maximum absolute atomic E-state index is 8.79. The van der Waals surface area contributed by atoms with E-state index in [-0.39, 0.29) is 14.5 Å². The van der Waals surface area contributed by atoms with Crippen molar-refractivity contribution in [1.29, 1.82) is 10.5 Å². The Balaban J connectivity index is 1.92. The van der Waals surface area contributed by atoms with Gasteiger partial charge in [-0.2, -0.15) is 0 Å². The summed E-state index contributed by atoms with van der Waals surface area (Å²) in [5.41, 5.74) is 2.92. The number of rotatable bonds is 2. The van der Waals surface area contributed by atoms with Gasteiger partial charge >= 0.3 is 127 Å². The predicted octanol–water partition coefficient (Wildman–Crippen LogP) is 2.61. The van der Waals surface area contributed by atoms with Gasteiger partial charge in [0.1, 0.15) is 0 Å². The van der Waals surface area contributed by atoms with Gasteiger partial charge in [0.15, 0.2) is 0 Å². The van der Waals surface area contributed by atoms with Crippen LogP contribution in [0.2, 0.25) is 0 Å². The Kier molecular flexibility index (Phi) is 3.62. The first-order chi connectivity index (χ1) is 10.3. The van der Waals surface area contributed by atoms with Gasteiger partial charge in [0.2, 0.25) is 0 Å². The summed E-state index contributed by atoms with van der Waals surface area (Å²) in [4.78, 5) is 8.63. The molecule has 0 saturated heterocycles. The van der Waals surface area contributed by atoms with Gasteiger partial charge in [0.05, 0.1) is 0 Å². The molecule has 5 heteroatoms. The summed E-state index contributed by atoms with van der Waals surface area (Å²) in [6.07, 6.45) is 3.18. The van der Waals surface area contributed by atoms with E-state index in [0.29, 0.717) is 11.1 Å². The maximum atomic E-state index is 8.79. The minimum atomic E-state index is 0.127. The number of hydrogen-bond acceptors (Lipinski definition) is 4. The average Bonchev–Trinajstić information content (AvgIpc) is 3.05. The standard InChI is InChI=1S/C16H8N4Se/c17-7-11-1-3-13(19-9-11)15-5-6-16(21-15)14-4-2-12(8-18)10-20-14/h1-6,9-10H. The van der Waals surface area contributed by atoms with Crippen molar-refractivity contribution in [2.24, 2.45) is 0 Å². The number of aromatic nitrogens is 2. The zero-order valence-electron chi connectivity index (χ0n) is 10.8. The molecule has 0 aliphatic carbocycles. The van der Waals surface area contributed by atoms with E-state index in [0.717, 1.165) is 20.3 Å². The van der Waals surface area contributed by atoms with E-state index >= 15 is 0 Å². The Morgan fingerprint density at radius 1 is 0.714 bits per heavy atom. The van der Waals surface area contributed by atoms with E-state index in [1.807, 2.05) is 24.3 Å². The fourth-order valence-corrected chi connectivity index (χ4v) is 3.84. The van der Waals surface area contributed by atoms with Gasteiger partial charge in [-0.25, -0.2) is 0 Å². The molecule has 21 heavy (non-hydrogen) atoms. The second-order valence-electron chi connectivity index (χ2n) is 4.25. The Morgan fingerprint density at radius 2 is 1.19 bits per heavy atom. The molecule has 0 bridgehead atoms. The first-order valence-corrected chi connectivity index (χ1v) is 7.84. The van der Waals surface area contributed by atoms with E-state index in [1.165, 1.54) is 0 Å². The van der Waals surface area contributed by atoms with Crippen molar-refractivity contribution in [3.05, 3.63) is 59.9 Å². The van der Waals surface area contributed by atoms with Crippen LogP contribution in [0, 0.1) is 22.7 Å². The van der Waals surface area contributed by atoms with Crippen molar-refractivity contribution in [2.75, 3.05) is 0 Å². The summed E-state index contributed by atoms with van der Waals surface area (Å²) in [7, 11) is 0. The molecule has 0 amide bonds. The van der Waals surface area contributed by atoms with Crippen LogP contribution in [0.1, 0.15) is 11.1 Å². The van der Waals surface area contributed by atoms with Crippen LogP contribution in [0.3, 0.4) is 0 Å². The molecule has 0 fully saturated rings. The van der Waals surface area contributed by atoms with Gasteiger partial charge in [-0.05, 0) is 0 Å². The molecule has 0 spiro atoms. The molecule has 0 aliphatic rings. The SMILES string of the molecule is N#Cc1ccc(-c2ccc(-c3ccc(C#N)cn3)[se]2)nc1. The van der Waals surface area contributed by atoms with Crippen LogP contribution in [0.15, 0.2) is 48.8 Å². The Labute approximate surface area is 127 Å². The van der Waals surface area contributed by atoms with Crippen LogP contribution < -0.4 is 0 Å². The van der Waals surface area contributed by atoms with Crippen molar-refractivity contribution in [1.82, 2.24) is 9.97 Å². The summed E-state index contributed by atoms with van der Waals surface area (Å²) in [5, 5.41) is 17.6. The van der Waals surface area contributed by atoms with Crippen LogP contribution in [0.4, 0.5) is 0 Å². The van der Waals surface area contributed by atoms with E-state index in [4.69, 9.17) is 10.5 Å². The monoisotopic (exact) mass is 336 g/mol. The quantitative estimate of drug-likeness (QED) is 0.675. The van der Waals surface area contributed by atoms with Crippen LogP contribution in [-0.2, 0) is 0 Å². The van der Waals surface area contributed by atoms with E-state index < -0.39 is 0 Å². The fraction of sp³-hybridized carbons (Fsp3) is 0. The zero-order chi connectivity index (χ0) is 14.7. The molecule has 3 aromatic heterocycles. The van der Waals surface area contributed by atoms with Crippen LogP contribution in [-0.4, -0.2) is 24.5 Å². The molecule has 4 nitrogen and oxygen atoms in total. The summed E-state index contributed by atoms with van der Waals surface area (Å²) in [6.45, 7) is 0. The molecular weight excluding hydrogens is 327 g/mol.